The van der Waals surface area contributed by atoms with Crippen LogP contribution in [0, 0.1) is 13.8 Å². The molecule has 3 aromatic heterocycles. The Kier molecular flexibility index (Phi) is 11.0. The Labute approximate surface area is 385 Å². The highest BCUT2D eigenvalue weighted by Gasteiger charge is 2.38. The van der Waals surface area contributed by atoms with Gasteiger partial charge in [-0.3, -0.25) is 4.98 Å². The smallest absolute Gasteiger partial charge is 0.213 e. The van der Waals surface area contributed by atoms with Crippen molar-refractivity contribution in [2.45, 2.75) is 64.8 Å². The Balaban J connectivity index is 1.13. The molecule has 0 spiro atoms. The molecule has 0 fully saturated rings. The molecule has 6 aromatic carbocycles. The largest absolute Gasteiger partial charge is 0.256 e. The molecule has 2 unspecified atom stereocenters. The highest BCUT2D eigenvalue weighted by Crippen LogP contribution is 2.44. The minimum atomic E-state index is -0.00312. The number of hydrogen-bond donors (Lipinski definition) is 0. The fourth-order valence-corrected chi connectivity index (χ4v) is 10.2. The molecule has 1 aliphatic rings. The van der Waals surface area contributed by atoms with Gasteiger partial charge in [-0.25, -0.2) is 4.57 Å². The molecule has 0 aliphatic carbocycles. The molecule has 10 rings (SSSR count). The first kappa shape index (κ1) is 41.8. The van der Waals surface area contributed by atoms with Gasteiger partial charge in [0, 0.05) is 52.5 Å². The summed E-state index contributed by atoms with van der Waals surface area (Å²) in [5.41, 5.74) is 20.9. The van der Waals surface area contributed by atoms with E-state index in [-0.39, 0.29) is 17.4 Å². The van der Waals surface area contributed by atoms with E-state index in [2.05, 4.69) is 246 Å². The molecule has 318 valence electrons. The van der Waals surface area contributed by atoms with E-state index in [4.69, 9.17) is 4.98 Å². The summed E-state index contributed by atoms with van der Waals surface area (Å²) in [7, 11) is 2.18. The molecule has 9 aromatic rings. The maximum atomic E-state index is 5.16. The van der Waals surface area contributed by atoms with Crippen molar-refractivity contribution in [3.05, 3.63) is 223 Å². The lowest BCUT2D eigenvalue weighted by molar-refractivity contribution is -0.707. The Morgan fingerprint density at radius 1 is 0.585 bits per heavy atom. The molecule has 0 bridgehead atoms. The second-order valence-electron chi connectivity index (χ2n) is 19.0. The minimum absolute atomic E-state index is 0.00312. The number of nitrogens with zero attached hydrogens (tertiary/aromatic N) is 3. The Morgan fingerprint density at radius 2 is 1.29 bits per heavy atom. The van der Waals surface area contributed by atoms with Crippen LogP contribution in [0.5, 0.6) is 0 Å². The first-order chi connectivity index (χ1) is 31.6. The molecule has 0 radical (unpaired) electrons. The number of aryl methyl sites for hydroxylation is 4. The van der Waals surface area contributed by atoms with E-state index in [0.29, 0.717) is 0 Å². The van der Waals surface area contributed by atoms with Gasteiger partial charge in [-0.05, 0) is 129 Å². The van der Waals surface area contributed by atoms with E-state index in [1.54, 1.807) is 0 Å². The molecule has 0 amide bonds. The van der Waals surface area contributed by atoms with Crippen molar-refractivity contribution >= 4 is 10.8 Å². The third kappa shape index (κ3) is 7.91. The summed E-state index contributed by atoms with van der Waals surface area (Å²) in [6.45, 7) is 15.7. The van der Waals surface area contributed by atoms with Crippen molar-refractivity contribution in [3.8, 4) is 67.2 Å². The highest BCUT2D eigenvalue weighted by atomic mass is 15.0. The zero-order valence-electron chi connectivity index (χ0n) is 38.5. The van der Waals surface area contributed by atoms with Crippen LogP contribution in [-0.4, -0.2) is 4.98 Å². The number of hydrogen-bond acceptors (Lipinski definition) is 1. The van der Waals surface area contributed by atoms with Gasteiger partial charge in [-0.15, -0.1) is 0 Å². The summed E-state index contributed by atoms with van der Waals surface area (Å²) in [6.07, 6.45) is 10.6. The van der Waals surface area contributed by atoms with Crippen molar-refractivity contribution in [1.82, 2.24) is 4.98 Å². The number of fused-ring (bicyclic) bond motifs is 4. The van der Waals surface area contributed by atoms with Gasteiger partial charge < -0.3 is 0 Å². The predicted molar refractivity (Wildman–Crippen MR) is 271 cm³/mol. The van der Waals surface area contributed by atoms with E-state index in [0.717, 1.165) is 29.5 Å². The van der Waals surface area contributed by atoms with Crippen LogP contribution in [0.15, 0.2) is 195 Å². The van der Waals surface area contributed by atoms with E-state index < -0.39 is 0 Å². The van der Waals surface area contributed by atoms with Crippen LogP contribution >= 0.6 is 0 Å². The number of pyridine rings is 3. The summed E-state index contributed by atoms with van der Waals surface area (Å²) in [6, 6.07) is 60.6. The lowest BCUT2D eigenvalue weighted by Gasteiger charge is -2.29. The van der Waals surface area contributed by atoms with Crippen molar-refractivity contribution in [3.63, 3.8) is 0 Å². The maximum Gasteiger partial charge on any atom is 0.213 e. The molecule has 4 heterocycles. The molecule has 2 atom stereocenters. The quantitative estimate of drug-likeness (QED) is 0.105. The van der Waals surface area contributed by atoms with Crippen LogP contribution in [0.3, 0.4) is 0 Å². The van der Waals surface area contributed by atoms with Gasteiger partial charge in [0.05, 0.1) is 11.6 Å². The minimum Gasteiger partial charge on any atom is -0.256 e. The van der Waals surface area contributed by atoms with Crippen LogP contribution in [0.25, 0.3) is 77.9 Å². The van der Waals surface area contributed by atoms with Gasteiger partial charge in [-0.2, -0.15) is 4.57 Å². The van der Waals surface area contributed by atoms with E-state index in [1.807, 2.05) is 0 Å². The average molecular weight is 844 g/mol. The average Bonchev–Trinajstić information content (AvgIpc) is 3.33. The number of allylic oxidation sites excluding steroid dienone is 1. The Bertz CT molecular complexity index is 3250. The van der Waals surface area contributed by atoms with Gasteiger partial charge in [0.2, 0.25) is 11.4 Å². The summed E-state index contributed by atoms with van der Waals surface area (Å²) >= 11 is 0. The van der Waals surface area contributed by atoms with Crippen molar-refractivity contribution in [1.29, 1.82) is 0 Å². The van der Waals surface area contributed by atoms with Crippen molar-refractivity contribution in [2.75, 3.05) is 0 Å². The third-order valence-electron chi connectivity index (χ3n) is 13.8. The first-order valence-corrected chi connectivity index (χ1v) is 23.1. The van der Waals surface area contributed by atoms with E-state index >= 15 is 0 Å². The lowest BCUT2D eigenvalue weighted by Crippen LogP contribution is -2.46. The summed E-state index contributed by atoms with van der Waals surface area (Å²) in [4.78, 5) is 5.16. The lowest BCUT2D eigenvalue weighted by atomic mass is 9.79. The first-order valence-electron chi connectivity index (χ1n) is 23.1. The van der Waals surface area contributed by atoms with Gasteiger partial charge >= 0.3 is 0 Å². The molecule has 65 heavy (non-hydrogen) atoms. The number of benzene rings is 6. The number of rotatable bonds is 9. The molecule has 3 nitrogen and oxygen atoms in total. The summed E-state index contributed by atoms with van der Waals surface area (Å²) < 4.78 is 4.74. The van der Waals surface area contributed by atoms with E-state index in [9.17, 15) is 0 Å². The normalized spacial score (nSPS) is 14.5. The molecule has 3 heteroatoms. The molecular weight excluding hydrogens is 787 g/mol. The van der Waals surface area contributed by atoms with E-state index in [1.165, 1.54) is 89.1 Å². The van der Waals surface area contributed by atoms with Crippen LogP contribution < -0.4 is 9.13 Å². The molecular formula is C62H57N3+2. The Hall–Kier alpha value is -7.23. The van der Waals surface area contributed by atoms with Gasteiger partial charge in [0.15, 0.2) is 18.4 Å². The third-order valence-corrected chi connectivity index (χ3v) is 13.8. The SMILES string of the molecule is C=CC1C(CCc2ccc(-c3ccc(-c4cc(-c5ccccc5)ccc4C)c4cc(-c5ccccc5)ncc34)cc2-c2cc(C(C)(C)C)cc[n+]2C)c2ccccc2-c2cc(C)cc[n+]21. The molecule has 1 aliphatic heterocycles. The summed E-state index contributed by atoms with van der Waals surface area (Å²) in [5.74, 6) is 0.274. The monoisotopic (exact) mass is 843 g/mol. The molecule has 0 saturated carbocycles. The Morgan fingerprint density at radius 3 is 2.06 bits per heavy atom. The van der Waals surface area contributed by atoms with Crippen LogP contribution in [-0.2, 0) is 18.9 Å². The van der Waals surface area contributed by atoms with Gasteiger partial charge in [0.25, 0.3) is 0 Å². The van der Waals surface area contributed by atoms with Crippen molar-refractivity contribution in [2.24, 2.45) is 7.05 Å². The second kappa shape index (κ2) is 17.0. The number of aromatic nitrogens is 3. The fourth-order valence-electron chi connectivity index (χ4n) is 10.2. The second-order valence-corrected chi connectivity index (χ2v) is 19.0. The van der Waals surface area contributed by atoms with Crippen LogP contribution in [0.4, 0.5) is 0 Å². The summed E-state index contributed by atoms with van der Waals surface area (Å²) in [5, 5.41) is 2.33. The van der Waals surface area contributed by atoms with Crippen LogP contribution in [0.2, 0.25) is 0 Å². The zero-order valence-corrected chi connectivity index (χ0v) is 38.5. The topological polar surface area (TPSA) is 20.6 Å². The maximum absolute atomic E-state index is 5.16. The molecule has 0 saturated heterocycles. The highest BCUT2D eigenvalue weighted by molar-refractivity contribution is 6.06. The standard InChI is InChI=1S/C62H57N3/c1-8-59-53(50-21-15-16-22-52(50)61-35-41(2)31-34-65(59)61)28-27-44-25-26-47(37-55(44)60-38-48(62(4,5)6)32-33-64(60)7)49-29-30-51(54-36-46(24-23-42(54)3)43-17-11-9-12-18-43)56-39-58(63-40-57(49)56)45-19-13-10-14-20-45/h8-26,29-40,53,59H,1,27-28H2,2-7H3/q+2. The van der Waals surface area contributed by atoms with Gasteiger partial charge in [-0.1, -0.05) is 143 Å². The zero-order chi connectivity index (χ0) is 44.8. The fraction of sp³-hybridized carbons (Fsp3) is 0.177. The predicted octanol–water partition coefficient (Wildman–Crippen LogP) is 14.7. The van der Waals surface area contributed by atoms with Crippen molar-refractivity contribution < 1.29 is 9.13 Å². The van der Waals surface area contributed by atoms with Gasteiger partial charge in [0.1, 0.15) is 7.05 Å². The van der Waals surface area contributed by atoms with Crippen LogP contribution in [0.1, 0.15) is 67.0 Å². The molecule has 0 N–H and O–H groups in total.